The van der Waals surface area contributed by atoms with Crippen LogP contribution in [0.4, 0.5) is 13.2 Å². The zero-order valence-corrected chi connectivity index (χ0v) is 16.3. The summed E-state index contributed by atoms with van der Waals surface area (Å²) in [7, 11) is -1.43. The van der Waals surface area contributed by atoms with Crippen molar-refractivity contribution in [2.75, 3.05) is 25.6 Å². The first-order chi connectivity index (χ1) is 11.8. The monoisotopic (exact) mass is 393 g/mol. The van der Waals surface area contributed by atoms with Crippen LogP contribution < -0.4 is 10.6 Å². The van der Waals surface area contributed by atoms with Crippen molar-refractivity contribution < 1.29 is 21.6 Å². The van der Waals surface area contributed by atoms with E-state index in [9.17, 15) is 21.6 Å². The van der Waals surface area contributed by atoms with E-state index in [0.717, 1.165) is 12.1 Å². The number of sulfone groups is 1. The summed E-state index contributed by atoms with van der Waals surface area (Å²) in [6.45, 7) is 4.74. The molecule has 1 aromatic carbocycles. The predicted octanol–water partition coefficient (Wildman–Crippen LogP) is 2.83. The van der Waals surface area contributed by atoms with Gasteiger partial charge in [-0.3, -0.25) is 4.99 Å². The van der Waals surface area contributed by atoms with Crippen LogP contribution in [0.1, 0.15) is 31.4 Å². The van der Waals surface area contributed by atoms with Crippen LogP contribution >= 0.6 is 0 Å². The third kappa shape index (κ3) is 8.55. The maximum Gasteiger partial charge on any atom is 0.416 e. The number of nitrogens with zero attached hydrogens (tertiary/aromatic N) is 1. The molecule has 0 bridgehead atoms. The third-order valence-corrected chi connectivity index (χ3v) is 4.79. The van der Waals surface area contributed by atoms with Crippen molar-refractivity contribution in [2.45, 2.75) is 33.0 Å². The lowest BCUT2D eigenvalue weighted by molar-refractivity contribution is -0.137. The van der Waals surface area contributed by atoms with Crippen molar-refractivity contribution in [1.82, 2.24) is 10.6 Å². The molecule has 0 spiro atoms. The SMILES string of the molecule is CN=C(NCc1ccc(C(F)(F)F)cc1)NCC(C)(C)CCS(C)(=O)=O. The van der Waals surface area contributed by atoms with Crippen LogP contribution in [-0.4, -0.2) is 40.0 Å². The van der Waals surface area contributed by atoms with Gasteiger partial charge in [0.05, 0.1) is 11.3 Å². The molecule has 0 aliphatic carbocycles. The number of halogens is 3. The Bertz CT molecular complexity index is 712. The first kappa shape index (κ1) is 22.3. The lowest BCUT2D eigenvalue weighted by Crippen LogP contribution is -2.42. The van der Waals surface area contributed by atoms with Gasteiger partial charge in [-0.25, -0.2) is 8.42 Å². The highest BCUT2D eigenvalue weighted by Gasteiger charge is 2.29. The van der Waals surface area contributed by atoms with Gasteiger partial charge in [-0.15, -0.1) is 0 Å². The molecule has 9 heteroatoms. The molecule has 0 fully saturated rings. The summed E-state index contributed by atoms with van der Waals surface area (Å²) >= 11 is 0. The average molecular weight is 393 g/mol. The van der Waals surface area contributed by atoms with Crippen LogP contribution in [0.25, 0.3) is 0 Å². The number of benzene rings is 1. The second kappa shape index (κ2) is 8.75. The lowest BCUT2D eigenvalue weighted by atomic mass is 9.90. The van der Waals surface area contributed by atoms with E-state index in [2.05, 4.69) is 15.6 Å². The van der Waals surface area contributed by atoms with Crippen LogP contribution in [-0.2, 0) is 22.6 Å². The highest BCUT2D eigenvalue weighted by atomic mass is 32.2. The fraction of sp³-hybridized carbons (Fsp3) is 0.588. The van der Waals surface area contributed by atoms with E-state index in [1.807, 2.05) is 13.8 Å². The topological polar surface area (TPSA) is 70.6 Å². The molecular formula is C17H26F3N3O2S. The fourth-order valence-electron chi connectivity index (χ4n) is 2.09. The molecule has 148 valence electrons. The quantitative estimate of drug-likeness (QED) is 0.552. The minimum absolute atomic E-state index is 0.110. The van der Waals surface area contributed by atoms with Crippen molar-refractivity contribution in [3.63, 3.8) is 0 Å². The molecule has 1 rings (SSSR count). The normalized spacial score (nSPS) is 13.6. The van der Waals surface area contributed by atoms with E-state index in [0.29, 0.717) is 31.0 Å². The van der Waals surface area contributed by atoms with Crippen LogP contribution in [0.2, 0.25) is 0 Å². The molecule has 26 heavy (non-hydrogen) atoms. The van der Waals surface area contributed by atoms with Crippen molar-refractivity contribution >= 4 is 15.8 Å². The summed E-state index contributed by atoms with van der Waals surface area (Å²) < 4.78 is 60.2. The van der Waals surface area contributed by atoms with E-state index in [1.165, 1.54) is 18.4 Å². The second-order valence-corrected chi connectivity index (χ2v) is 9.28. The maximum atomic E-state index is 12.6. The molecule has 5 nitrogen and oxygen atoms in total. The summed E-state index contributed by atoms with van der Waals surface area (Å²) in [5.41, 5.74) is -0.247. The second-order valence-electron chi connectivity index (χ2n) is 7.02. The van der Waals surface area contributed by atoms with Gasteiger partial charge in [0.1, 0.15) is 9.84 Å². The Labute approximate surface area is 153 Å². The third-order valence-electron chi connectivity index (χ3n) is 3.85. The molecule has 0 aliphatic rings. The number of nitrogens with one attached hydrogen (secondary N) is 2. The van der Waals surface area contributed by atoms with Gasteiger partial charge in [-0.1, -0.05) is 26.0 Å². The van der Waals surface area contributed by atoms with Gasteiger partial charge in [0.25, 0.3) is 0 Å². The average Bonchev–Trinajstić information content (AvgIpc) is 2.52. The Morgan fingerprint density at radius 2 is 1.69 bits per heavy atom. The van der Waals surface area contributed by atoms with Crippen molar-refractivity contribution in [3.05, 3.63) is 35.4 Å². The summed E-state index contributed by atoms with van der Waals surface area (Å²) in [6.07, 6.45) is -2.63. The molecule has 0 aromatic heterocycles. The molecule has 0 unspecified atom stereocenters. The Morgan fingerprint density at radius 3 is 2.15 bits per heavy atom. The number of rotatable bonds is 7. The summed E-state index contributed by atoms with van der Waals surface area (Å²) in [5.74, 6) is 0.608. The minimum atomic E-state index is -4.35. The highest BCUT2D eigenvalue weighted by Crippen LogP contribution is 2.29. The van der Waals surface area contributed by atoms with Crippen molar-refractivity contribution in [2.24, 2.45) is 10.4 Å². The van der Waals surface area contributed by atoms with Gasteiger partial charge < -0.3 is 10.6 Å². The van der Waals surface area contributed by atoms with Gasteiger partial charge in [0.2, 0.25) is 0 Å². The standard InChI is InChI=1S/C17H26F3N3O2S/c1-16(2,9-10-26(4,24)25)12-23-15(21-3)22-11-13-5-7-14(8-6-13)17(18,19)20/h5-8H,9-12H2,1-4H3,(H2,21,22,23). The van der Waals surface area contributed by atoms with Crippen molar-refractivity contribution in [3.8, 4) is 0 Å². The van der Waals surface area contributed by atoms with Gasteiger partial charge in [-0.05, 0) is 29.5 Å². The minimum Gasteiger partial charge on any atom is -0.356 e. The van der Waals surface area contributed by atoms with E-state index in [4.69, 9.17) is 0 Å². The number of alkyl halides is 3. The molecule has 0 atom stereocenters. The number of hydrogen-bond acceptors (Lipinski definition) is 3. The Kier molecular flexibility index (Phi) is 7.49. The Balaban J connectivity index is 2.53. The smallest absolute Gasteiger partial charge is 0.356 e. The largest absolute Gasteiger partial charge is 0.416 e. The predicted molar refractivity (Wildman–Crippen MR) is 97.8 cm³/mol. The summed E-state index contributed by atoms with van der Waals surface area (Å²) in [4.78, 5) is 4.07. The van der Waals surface area contributed by atoms with E-state index in [-0.39, 0.29) is 11.2 Å². The molecular weight excluding hydrogens is 367 g/mol. The molecule has 1 aromatic rings. The number of hydrogen-bond donors (Lipinski definition) is 2. The first-order valence-corrected chi connectivity index (χ1v) is 10.2. The fourth-order valence-corrected chi connectivity index (χ4v) is 3.01. The number of aliphatic imine (C=N–C) groups is 1. The molecule has 0 saturated heterocycles. The molecule has 0 heterocycles. The van der Waals surface area contributed by atoms with Gasteiger partial charge in [0.15, 0.2) is 5.96 Å². The van der Waals surface area contributed by atoms with Gasteiger partial charge in [0, 0.05) is 26.4 Å². The maximum absolute atomic E-state index is 12.6. The zero-order chi connectivity index (χ0) is 20.0. The molecule has 0 amide bonds. The first-order valence-electron chi connectivity index (χ1n) is 8.11. The van der Waals surface area contributed by atoms with Crippen LogP contribution in [0.5, 0.6) is 0 Å². The molecule has 2 N–H and O–H groups in total. The zero-order valence-electron chi connectivity index (χ0n) is 15.4. The van der Waals surface area contributed by atoms with Crippen LogP contribution in [0.15, 0.2) is 29.3 Å². The van der Waals surface area contributed by atoms with E-state index in [1.54, 1.807) is 7.05 Å². The molecule has 0 radical (unpaired) electrons. The molecule has 0 saturated carbocycles. The lowest BCUT2D eigenvalue weighted by Gasteiger charge is -2.25. The summed E-state index contributed by atoms with van der Waals surface area (Å²) in [5, 5.41) is 6.14. The van der Waals surface area contributed by atoms with E-state index >= 15 is 0 Å². The van der Waals surface area contributed by atoms with Gasteiger partial charge >= 0.3 is 6.18 Å². The summed E-state index contributed by atoms with van der Waals surface area (Å²) in [6, 6.07) is 4.92. The van der Waals surface area contributed by atoms with Crippen molar-refractivity contribution in [1.29, 1.82) is 0 Å². The highest BCUT2D eigenvalue weighted by molar-refractivity contribution is 7.90. The Morgan fingerprint density at radius 1 is 1.12 bits per heavy atom. The van der Waals surface area contributed by atoms with Gasteiger partial charge in [-0.2, -0.15) is 13.2 Å². The van der Waals surface area contributed by atoms with Crippen LogP contribution in [0.3, 0.4) is 0 Å². The number of guanidine groups is 1. The molecule has 0 aliphatic heterocycles. The van der Waals surface area contributed by atoms with Crippen LogP contribution in [0, 0.1) is 5.41 Å². The van der Waals surface area contributed by atoms with E-state index < -0.39 is 21.6 Å². The Hall–Kier alpha value is -1.77.